The van der Waals surface area contributed by atoms with Crippen molar-refractivity contribution in [3.63, 3.8) is 0 Å². The van der Waals surface area contributed by atoms with E-state index in [-0.39, 0.29) is 17.4 Å². The lowest BCUT2D eigenvalue weighted by Crippen LogP contribution is -2.49. The molecule has 0 aromatic carbocycles. The van der Waals surface area contributed by atoms with Gasteiger partial charge in [-0.15, -0.1) is 12.4 Å². The standard InChI is InChI=1S/C14H24N4O2S.ClH/c15-14(7-3-1-2-4-8-14)11-17-21(19,20)13-10-16-12-6-5-9-18(12)13;/h10,17H,1-9,11,15H2;1H. The molecule has 1 aromatic rings. The van der Waals surface area contributed by atoms with Gasteiger partial charge in [0.25, 0.3) is 10.0 Å². The summed E-state index contributed by atoms with van der Waals surface area (Å²) in [5.74, 6) is 0.868. The third-order valence-electron chi connectivity index (χ3n) is 4.67. The van der Waals surface area contributed by atoms with Crippen molar-refractivity contribution in [1.82, 2.24) is 14.3 Å². The molecule has 8 heteroatoms. The number of hydrogen-bond donors (Lipinski definition) is 2. The summed E-state index contributed by atoms with van der Waals surface area (Å²) in [5, 5.41) is 0.284. The summed E-state index contributed by atoms with van der Waals surface area (Å²) in [4.78, 5) is 4.20. The van der Waals surface area contributed by atoms with Gasteiger partial charge in [-0.3, -0.25) is 0 Å². The largest absolute Gasteiger partial charge is 0.324 e. The van der Waals surface area contributed by atoms with Crippen LogP contribution >= 0.6 is 12.4 Å². The lowest BCUT2D eigenvalue weighted by atomic mass is 9.92. The zero-order chi connectivity index (χ0) is 14.9. The van der Waals surface area contributed by atoms with Crippen molar-refractivity contribution in [2.75, 3.05) is 6.54 Å². The molecule has 0 saturated heterocycles. The van der Waals surface area contributed by atoms with Crippen LogP contribution in [0.2, 0.25) is 0 Å². The van der Waals surface area contributed by atoms with Gasteiger partial charge in [0.1, 0.15) is 5.82 Å². The van der Waals surface area contributed by atoms with Crippen LogP contribution in [-0.2, 0) is 23.0 Å². The number of aromatic nitrogens is 2. The Morgan fingerprint density at radius 3 is 2.59 bits per heavy atom. The number of nitrogens with two attached hydrogens (primary N) is 1. The fourth-order valence-corrected chi connectivity index (χ4v) is 4.67. The number of nitrogens with zero attached hydrogens (tertiary/aromatic N) is 2. The van der Waals surface area contributed by atoms with E-state index in [0.29, 0.717) is 6.54 Å². The van der Waals surface area contributed by atoms with Gasteiger partial charge < -0.3 is 10.3 Å². The first-order valence-electron chi connectivity index (χ1n) is 7.83. The second kappa shape index (κ2) is 6.86. The van der Waals surface area contributed by atoms with E-state index >= 15 is 0 Å². The predicted octanol–water partition coefficient (Wildman–Crippen LogP) is 1.58. The molecule has 1 aliphatic carbocycles. The van der Waals surface area contributed by atoms with Crippen LogP contribution in [0.1, 0.15) is 50.8 Å². The SMILES string of the molecule is Cl.NC1(CNS(=O)(=O)c2cnc3n2CCC3)CCCCCC1. The summed E-state index contributed by atoms with van der Waals surface area (Å²) in [6, 6.07) is 0. The summed E-state index contributed by atoms with van der Waals surface area (Å²) < 4.78 is 29.5. The Morgan fingerprint density at radius 2 is 1.91 bits per heavy atom. The highest BCUT2D eigenvalue weighted by Gasteiger charge is 2.30. The summed E-state index contributed by atoms with van der Waals surface area (Å²) in [7, 11) is -3.52. The summed E-state index contributed by atoms with van der Waals surface area (Å²) in [6.45, 7) is 1.05. The number of sulfonamides is 1. The van der Waals surface area contributed by atoms with Crippen LogP contribution in [0.4, 0.5) is 0 Å². The number of aryl methyl sites for hydroxylation is 1. The lowest BCUT2D eigenvalue weighted by Gasteiger charge is -2.28. The van der Waals surface area contributed by atoms with E-state index in [4.69, 9.17) is 5.73 Å². The van der Waals surface area contributed by atoms with Crippen LogP contribution in [0.5, 0.6) is 0 Å². The summed E-state index contributed by atoms with van der Waals surface area (Å²) >= 11 is 0. The quantitative estimate of drug-likeness (QED) is 0.808. The van der Waals surface area contributed by atoms with Gasteiger partial charge in [-0.25, -0.2) is 18.1 Å². The zero-order valence-corrected chi connectivity index (χ0v) is 14.4. The maximum Gasteiger partial charge on any atom is 0.257 e. The minimum Gasteiger partial charge on any atom is -0.324 e. The van der Waals surface area contributed by atoms with E-state index in [1.807, 2.05) is 0 Å². The Hall–Kier alpha value is -0.630. The Bertz CT molecular complexity index is 606. The first-order valence-corrected chi connectivity index (χ1v) is 9.32. The number of nitrogens with one attached hydrogen (secondary N) is 1. The fourth-order valence-electron chi connectivity index (χ4n) is 3.37. The van der Waals surface area contributed by atoms with Crippen LogP contribution in [-0.4, -0.2) is 30.1 Å². The van der Waals surface area contributed by atoms with Crippen LogP contribution in [0.3, 0.4) is 0 Å². The number of rotatable bonds is 4. The minimum absolute atomic E-state index is 0. The molecule has 126 valence electrons. The molecule has 1 saturated carbocycles. The predicted molar refractivity (Wildman–Crippen MR) is 87.6 cm³/mol. The number of halogens is 1. The highest BCUT2D eigenvalue weighted by Crippen LogP contribution is 2.25. The number of fused-ring (bicyclic) bond motifs is 1. The van der Waals surface area contributed by atoms with Gasteiger partial charge in [0.2, 0.25) is 0 Å². The van der Waals surface area contributed by atoms with Crippen LogP contribution in [0.15, 0.2) is 11.2 Å². The Balaban J connectivity index is 0.00000176. The molecule has 1 fully saturated rings. The molecule has 0 bridgehead atoms. The van der Waals surface area contributed by atoms with Gasteiger partial charge in [0, 0.05) is 25.0 Å². The van der Waals surface area contributed by atoms with Gasteiger partial charge in [-0.1, -0.05) is 25.7 Å². The second-order valence-electron chi connectivity index (χ2n) is 6.37. The number of hydrogen-bond acceptors (Lipinski definition) is 4. The zero-order valence-electron chi connectivity index (χ0n) is 12.8. The maximum absolute atomic E-state index is 12.5. The molecule has 0 unspecified atom stereocenters. The van der Waals surface area contributed by atoms with E-state index in [0.717, 1.165) is 50.9 Å². The van der Waals surface area contributed by atoms with Crippen molar-refractivity contribution in [2.45, 2.75) is 68.5 Å². The van der Waals surface area contributed by atoms with Crippen LogP contribution in [0, 0.1) is 0 Å². The van der Waals surface area contributed by atoms with Crippen LogP contribution in [0.25, 0.3) is 0 Å². The molecule has 0 atom stereocenters. The average Bonchev–Trinajstić information content (AvgIpc) is 2.97. The van der Waals surface area contributed by atoms with E-state index in [9.17, 15) is 8.42 Å². The molecular formula is C14H25ClN4O2S. The highest BCUT2D eigenvalue weighted by molar-refractivity contribution is 7.89. The molecule has 0 spiro atoms. The average molecular weight is 349 g/mol. The van der Waals surface area contributed by atoms with Crippen molar-refractivity contribution >= 4 is 22.4 Å². The van der Waals surface area contributed by atoms with Gasteiger partial charge in [-0.2, -0.15) is 0 Å². The number of imidazole rings is 1. The molecular weight excluding hydrogens is 324 g/mol. The molecule has 3 rings (SSSR count). The van der Waals surface area contributed by atoms with Crippen molar-refractivity contribution in [1.29, 1.82) is 0 Å². The van der Waals surface area contributed by atoms with Gasteiger partial charge in [0.15, 0.2) is 5.03 Å². The highest BCUT2D eigenvalue weighted by atomic mass is 35.5. The molecule has 2 aliphatic rings. The van der Waals surface area contributed by atoms with E-state index in [1.165, 1.54) is 19.0 Å². The first kappa shape index (κ1) is 17.7. The van der Waals surface area contributed by atoms with E-state index in [1.54, 1.807) is 4.57 Å². The molecule has 1 aliphatic heterocycles. The van der Waals surface area contributed by atoms with Gasteiger partial charge in [0.05, 0.1) is 6.20 Å². The van der Waals surface area contributed by atoms with Gasteiger partial charge in [-0.05, 0) is 19.3 Å². The Morgan fingerprint density at radius 1 is 1.23 bits per heavy atom. The first-order chi connectivity index (χ1) is 10.0. The lowest BCUT2D eigenvalue weighted by molar-refractivity contribution is 0.368. The molecule has 6 nitrogen and oxygen atoms in total. The van der Waals surface area contributed by atoms with Crippen molar-refractivity contribution in [3.05, 3.63) is 12.0 Å². The molecule has 3 N–H and O–H groups in total. The van der Waals surface area contributed by atoms with Gasteiger partial charge >= 0.3 is 0 Å². The Labute approximate surface area is 138 Å². The summed E-state index contributed by atoms with van der Waals surface area (Å²) in [5.41, 5.74) is 5.98. The normalized spacial score (nSPS) is 21.0. The molecule has 1 aromatic heterocycles. The van der Waals surface area contributed by atoms with Crippen molar-refractivity contribution in [3.8, 4) is 0 Å². The third kappa shape index (κ3) is 3.64. The van der Waals surface area contributed by atoms with Crippen molar-refractivity contribution in [2.24, 2.45) is 5.73 Å². The second-order valence-corrected chi connectivity index (χ2v) is 8.08. The molecule has 0 radical (unpaired) electrons. The van der Waals surface area contributed by atoms with E-state index < -0.39 is 15.6 Å². The molecule has 0 amide bonds. The van der Waals surface area contributed by atoms with Crippen molar-refractivity contribution < 1.29 is 8.42 Å². The third-order valence-corrected chi connectivity index (χ3v) is 6.07. The topological polar surface area (TPSA) is 90.0 Å². The minimum atomic E-state index is -3.52. The summed E-state index contributed by atoms with van der Waals surface area (Å²) in [6.07, 6.45) is 9.63. The fraction of sp³-hybridized carbons (Fsp3) is 0.786. The Kier molecular flexibility index (Phi) is 5.53. The maximum atomic E-state index is 12.5. The monoisotopic (exact) mass is 348 g/mol. The smallest absolute Gasteiger partial charge is 0.257 e. The molecule has 2 heterocycles. The van der Waals surface area contributed by atoms with E-state index in [2.05, 4.69) is 9.71 Å². The van der Waals surface area contributed by atoms with Crippen LogP contribution < -0.4 is 10.5 Å². The molecule has 22 heavy (non-hydrogen) atoms.